The van der Waals surface area contributed by atoms with E-state index in [1.807, 2.05) is 30.4 Å². The summed E-state index contributed by atoms with van der Waals surface area (Å²) in [6.45, 7) is 2.14. The third-order valence-corrected chi connectivity index (χ3v) is 5.35. The van der Waals surface area contributed by atoms with Crippen molar-refractivity contribution >= 4 is 28.8 Å². The number of rotatable bonds is 6. The molecule has 1 N–H and O–H groups in total. The lowest BCUT2D eigenvalue weighted by Gasteiger charge is -2.23. The molecule has 1 aromatic carbocycles. The van der Waals surface area contributed by atoms with Crippen molar-refractivity contribution in [3.8, 4) is 5.69 Å². The molecule has 146 valence electrons. The molecule has 3 rings (SSSR count). The van der Waals surface area contributed by atoms with E-state index in [0.717, 1.165) is 11.3 Å². The minimum absolute atomic E-state index is 0.0131. The summed E-state index contributed by atoms with van der Waals surface area (Å²) >= 11 is 7.54. The lowest BCUT2D eigenvalue weighted by atomic mass is 10.1. The average molecular weight is 417 g/mol. The van der Waals surface area contributed by atoms with Gasteiger partial charge >= 0.3 is 0 Å². The lowest BCUT2D eigenvalue weighted by molar-refractivity contribution is 0.0934. The zero-order valence-electron chi connectivity index (χ0n) is 15.8. The summed E-state index contributed by atoms with van der Waals surface area (Å²) in [7, 11) is 3.90. The van der Waals surface area contributed by atoms with Crippen molar-refractivity contribution < 1.29 is 4.79 Å². The quantitative estimate of drug-likeness (QED) is 0.669. The molecule has 0 saturated carbocycles. The molecule has 1 unspecified atom stereocenters. The van der Waals surface area contributed by atoms with Gasteiger partial charge in [-0.2, -0.15) is 16.4 Å². The van der Waals surface area contributed by atoms with Crippen LogP contribution in [0.2, 0.25) is 5.02 Å². The summed E-state index contributed by atoms with van der Waals surface area (Å²) < 4.78 is 1.56. The van der Waals surface area contributed by atoms with Crippen molar-refractivity contribution in [2.24, 2.45) is 0 Å². The normalized spacial score (nSPS) is 12.2. The van der Waals surface area contributed by atoms with Crippen LogP contribution in [0.15, 0.2) is 52.0 Å². The third kappa shape index (κ3) is 4.49. The van der Waals surface area contributed by atoms with Crippen LogP contribution in [0.1, 0.15) is 27.8 Å². The second-order valence-corrected chi connectivity index (χ2v) is 7.85. The Morgan fingerprint density at radius 1 is 1.29 bits per heavy atom. The second kappa shape index (κ2) is 8.68. The van der Waals surface area contributed by atoms with Gasteiger partial charge in [0.15, 0.2) is 5.69 Å². The monoisotopic (exact) mass is 416 g/mol. The smallest absolute Gasteiger partial charge is 0.275 e. The van der Waals surface area contributed by atoms with Crippen LogP contribution in [0.5, 0.6) is 0 Å². The lowest BCUT2D eigenvalue weighted by Crippen LogP contribution is -2.37. The maximum Gasteiger partial charge on any atom is 0.275 e. The van der Waals surface area contributed by atoms with Crippen LogP contribution in [0, 0.1) is 6.92 Å². The molecule has 1 atom stereocenters. The average Bonchev–Trinajstić information content (AvgIpc) is 3.17. The highest BCUT2D eigenvalue weighted by atomic mass is 35.5. The first-order chi connectivity index (χ1) is 13.4. The molecule has 0 saturated heterocycles. The van der Waals surface area contributed by atoms with Crippen LogP contribution in [0.3, 0.4) is 0 Å². The molecular formula is C20H21ClN4O2S. The van der Waals surface area contributed by atoms with E-state index >= 15 is 0 Å². The molecule has 0 bridgehead atoms. The molecule has 0 aliphatic carbocycles. The number of aryl methyl sites for hydroxylation is 1. The van der Waals surface area contributed by atoms with E-state index in [1.54, 1.807) is 47.2 Å². The maximum atomic E-state index is 12.7. The van der Waals surface area contributed by atoms with Gasteiger partial charge in [-0.15, -0.1) is 0 Å². The Hall–Kier alpha value is -2.48. The standard InChI is InChI=1S/C20H21ClN4O2S/c1-13-10-18(26)19(23-25(13)16-6-4-15(21)5-7-16)20(27)22-11-17(24(2)3)14-8-9-28-12-14/h4-10,12,17H,11H2,1-3H3,(H,22,27). The minimum Gasteiger partial charge on any atom is -0.349 e. The first-order valence-electron chi connectivity index (χ1n) is 8.70. The van der Waals surface area contributed by atoms with Crippen molar-refractivity contribution in [2.75, 3.05) is 20.6 Å². The summed E-state index contributed by atoms with van der Waals surface area (Å²) in [5, 5.41) is 11.8. The Bertz CT molecular complexity index is 1010. The predicted molar refractivity (Wildman–Crippen MR) is 113 cm³/mol. The molecule has 3 aromatic rings. The third-order valence-electron chi connectivity index (χ3n) is 4.40. The number of likely N-dealkylation sites (N-methyl/N-ethyl adjacent to an activating group) is 1. The highest BCUT2D eigenvalue weighted by Crippen LogP contribution is 2.20. The highest BCUT2D eigenvalue weighted by Gasteiger charge is 2.19. The highest BCUT2D eigenvalue weighted by molar-refractivity contribution is 7.07. The zero-order chi connectivity index (χ0) is 20.3. The van der Waals surface area contributed by atoms with Gasteiger partial charge in [0.2, 0.25) is 5.43 Å². The molecule has 0 spiro atoms. The molecular weight excluding hydrogens is 396 g/mol. The largest absolute Gasteiger partial charge is 0.349 e. The van der Waals surface area contributed by atoms with E-state index in [2.05, 4.69) is 15.8 Å². The van der Waals surface area contributed by atoms with Crippen molar-refractivity contribution in [2.45, 2.75) is 13.0 Å². The van der Waals surface area contributed by atoms with Gasteiger partial charge < -0.3 is 10.2 Å². The number of thiophene rings is 1. The summed E-state index contributed by atoms with van der Waals surface area (Å²) in [6, 6.07) is 10.5. The number of halogens is 1. The zero-order valence-corrected chi connectivity index (χ0v) is 17.4. The Balaban J connectivity index is 1.84. The van der Waals surface area contributed by atoms with Crippen LogP contribution in [0.25, 0.3) is 5.69 Å². The Kier molecular flexibility index (Phi) is 6.28. The van der Waals surface area contributed by atoms with E-state index in [0.29, 0.717) is 17.3 Å². The molecule has 2 heterocycles. The van der Waals surface area contributed by atoms with Gasteiger partial charge in [-0.3, -0.25) is 9.59 Å². The van der Waals surface area contributed by atoms with Gasteiger partial charge in [-0.1, -0.05) is 11.6 Å². The predicted octanol–water partition coefficient (Wildman–Crippen LogP) is 3.29. The van der Waals surface area contributed by atoms with Crippen LogP contribution in [-0.4, -0.2) is 41.2 Å². The number of aromatic nitrogens is 2. The Morgan fingerprint density at radius 3 is 2.61 bits per heavy atom. The number of benzene rings is 1. The van der Waals surface area contributed by atoms with Gasteiger partial charge in [0.25, 0.3) is 5.91 Å². The molecule has 0 radical (unpaired) electrons. The van der Waals surface area contributed by atoms with Gasteiger partial charge in [0.05, 0.1) is 11.7 Å². The Labute approximate surface area is 172 Å². The number of hydrogen-bond acceptors (Lipinski definition) is 5. The van der Waals surface area contributed by atoms with Gasteiger partial charge in [0, 0.05) is 23.3 Å². The van der Waals surface area contributed by atoms with Crippen LogP contribution in [-0.2, 0) is 0 Å². The fourth-order valence-electron chi connectivity index (χ4n) is 2.88. The molecule has 2 aromatic heterocycles. The van der Waals surface area contributed by atoms with E-state index in [4.69, 9.17) is 11.6 Å². The van der Waals surface area contributed by atoms with Crippen molar-refractivity contribution in [3.05, 3.63) is 79.4 Å². The molecule has 0 aliphatic heterocycles. The van der Waals surface area contributed by atoms with E-state index in [1.165, 1.54) is 6.07 Å². The molecule has 6 nitrogen and oxygen atoms in total. The minimum atomic E-state index is -0.491. The molecule has 0 aliphatic rings. The van der Waals surface area contributed by atoms with E-state index < -0.39 is 11.3 Å². The second-order valence-electron chi connectivity index (χ2n) is 6.63. The number of amides is 1. The first kappa shape index (κ1) is 20.3. The number of hydrogen-bond donors (Lipinski definition) is 1. The fraction of sp³-hybridized carbons (Fsp3) is 0.250. The van der Waals surface area contributed by atoms with E-state index in [9.17, 15) is 9.59 Å². The van der Waals surface area contributed by atoms with Gasteiger partial charge in [-0.25, -0.2) is 4.68 Å². The molecule has 28 heavy (non-hydrogen) atoms. The van der Waals surface area contributed by atoms with Gasteiger partial charge in [0.1, 0.15) is 0 Å². The fourth-order valence-corrected chi connectivity index (χ4v) is 3.72. The van der Waals surface area contributed by atoms with Gasteiger partial charge in [-0.05, 0) is 67.7 Å². The van der Waals surface area contributed by atoms with E-state index in [-0.39, 0.29) is 11.7 Å². The summed E-state index contributed by atoms with van der Waals surface area (Å²) in [6.07, 6.45) is 0. The summed E-state index contributed by atoms with van der Waals surface area (Å²) in [5.74, 6) is -0.491. The number of carbonyl (C=O) groups excluding carboxylic acids is 1. The summed E-state index contributed by atoms with van der Waals surface area (Å²) in [5.41, 5.74) is 1.93. The summed E-state index contributed by atoms with van der Waals surface area (Å²) in [4.78, 5) is 27.1. The first-order valence-corrected chi connectivity index (χ1v) is 10.0. The number of nitrogens with one attached hydrogen (secondary N) is 1. The van der Waals surface area contributed by atoms with Crippen LogP contribution in [0.4, 0.5) is 0 Å². The molecule has 0 fully saturated rings. The SMILES string of the molecule is Cc1cc(=O)c(C(=O)NCC(c2ccsc2)N(C)C)nn1-c1ccc(Cl)cc1. The van der Waals surface area contributed by atoms with Crippen molar-refractivity contribution in [3.63, 3.8) is 0 Å². The molecule has 8 heteroatoms. The van der Waals surface area contributed by atoms with Crippen molar-refractivity contribution in [1.29, 1.82) is 0 Å². The Morgan fingerprint density at radius 2 is 2.00 bits per heavy atom. The van der Waals surface area contributed by atoms with Crippen molar-refractivity contribution in [1.82, 2.24) is 20.0 Å². The number of nitrogens with zero attached hydrogens (tertiary/aromatic N) is 3. The topological polar surface area (TPSA) is 67.2 Å². The van der Waals surface area contributed by atoms with Crippen LogP contribution < -0.4 is 10.7 Å². The maximum absolute atomic E-state index is 12.7. The number of carbonyl (C=O) groups is 1. The van der Waals surface area contributed by atoms with Crippen LogP contribution >= 0.6 is 22.9 Å². The molecule has 1 amide bonds.